The molecule has 0 saturated heterocycles. The third-order valence-electron chi connectivity index (χ3n) is 5.30. The van der Waals surface area contributed by atoms with Gasteiger partial charge in [-0.05, 0) is 71.6 Å². The summed E-state index contributed by atoms with van der Waals surface area (Å²) in [5.41, 5.74) is 4.75. The highest BCUT2D eigenvalue weighted by atomic mass is 35.5. The normalized spacial score (nSPS) is 20.8. The number of fused-ring (bicyclic) bond motifs is 1. The van der Waals surface area contributed by atoms with Crippen molar-refractivity contribution < 1.29 is 9.90 Å². The van der Waals surface area contributed by atoms with E-state index in [2.05, 4.69) is 23.5 Å². The molecule has 0 radical (unpaired) electrons. The minimum Gasteiger partial charge on any atom is -0.465 e. The van der Waals surface area contributed by atoms with Gasteiger partial charge in [-0.1, -0.05) is 35.9 Å². The standard InChI is InChI=1S/C19H18ClNO2/c20-15-5-3-12(4-6-15)14-2-1-13-7-8-19(9-10-19)17(16(13)11-14)21-18(22)23/h1-6,11,17,21H,7-10H2,(H,22,23). The Labute approximate surface area is 140 Å². The molecule has 2 aromatic rings. The Hall–Kier alpha value is -2.00. The zero-order valence-corrected chi connectivity index (χ0v) is 13.4. The monoisotopic (exact) mass is 327 g/mol. The summed E-state index contributed by atoms with van der Waals surface area (Å²) in [6.07, 6.45) is 3.40. The van der Waals surface area contributed by atoms with Gasteiger partial charge in [0.05, 0.1) is 6.04 Å². The number of halogens is 1. The van der Waals surface area contributed by atoms with Gasteiger partial charge in [-0.2, -0.15) is 0 Å². The van der Waals surface area contributed by atoms with Gasteiger partial charge in [0, 0.05) is 5.02 Å². The summed E-state index contributed by atoms with van der Waals surface area (Å²) >= 11 is 5.97. The molecule has 0 aromatic heterocycles. The SMILES string of the molecule is O=C(O)NC1c2cc(-c3ccc(Cl)cc3)ccc2CCC12CC2. The minimum absolute atomic E-state index is 0.0870. The number of nitrogens with one attached hydrogen (secondary N) is 1. The average molecular weight is 328 g/mol. The van der Waals surface area contributed by atoms with Crippen LogP contribution in [0.15, 0.2) is 42.5 Å². The molecule has 0 aliphatic heterocycles. The van der Waals surface area contributed by atoms with E-state index in [9.17, 15) is 9.90 Å². The summed E-state index contributed by atoms with van der Waals surface area (Å²) in [6.45, 7) is 0. The summed E-state index contributed by atoms with van der Waals surface area (Å²) in [5.74, 6) is 0. The highest BCUT2D eigenvalue weighted by molar-refractivity contribution is 6.30. The van der Waals surface area contributed by atoms with Crippen molar-refractivity contribution in [2.75, 3.05) is 0 Å². The number of carbonyl (C=O) groups is 1. The maximum absolute atomic E-state index is 11.3. The van der Waals surface area contributed by atoms with Crippen LogP contribution in [0.2, 0.25) is 5.02 Å². The van der Waals surface area contributed by atoms with Crippen molar-refractivity contribution in [3.05, 3.63) is 58.6 Å². The van der Waals surface area contributed by atoms with E-state index in [0.29, 0.717) is 5.02 Å². The zero-order chi connectivity index (χ0) is 16.0. The van der Waals surface area contributed by atoms with Crippen molar-refractivity contribution >= 4 is 17.7 Å². The van der Waals surface area contributed by atoms with E-state index in [1.807, 2.05) is 24.3 Å². The van der Waals surface area contributed by atoms with Crippen molar-refractivity contribution in [1.82, 2.24) is 5.32 Å². The van der Waals surface area contributed by atoms with E-state index < -0.39 is 6.09 Å². The number of hydrogen-bond acceptors (Lipinski definition) is 1. The van der Waals surface area contributed by atoms with E-state index in [4.69, 9.17) is 11.6 Å². The first kappa shape index (κ1) is 14.6. The summed E-state index contributed by atoms with van der Waals surface area (Å²) in [5, 5.41) is 12.7. The molecule has 1 unspecified atom stereocenters. The van der Waals surface area contributed by atoms with E-state index in [-0.39, 0.29) is 11.5 Å². The predicted octanol–water partition coefficient (Wildman–Crippen LogP) is 5.04. The molecule has 0 bridgehead atoms. The topological polar surface area (TPSA) is 49.3 Å². The smallest absolute Gasteiger partial charge is 0.405 e. The second-order valence-electron chi connectivity index (χ2n) is 6.67. The van der Waals surface area contributed by atoms with Crippen LogP contribution in [0.3, 0.4) is 0 Å². The van der Waals surface area contributed by atoms with Crippen LogP contribution in [0.5, 0.6) is 0 Å². The van der Waals surface area contributed by atoms with Gasteiger partial charge < -0.3 is 10.4 Å². The molecule has 4 rings (SSSR count). The Kier molecular flexibility index (Phi) is 3.34. The maximum atomic E-state index is 11.3. The molecule has 2 aliphatic rings. The highest BCUT2D eigenvalue weighted by Crippen LogP contribution is 2.61. The van der Waals surface area contributed by atoms with E-state index in [1.54, 1.807) is 0 Å². The largest absolute Gasteiger partial charge is 0.465 e. The molecule has 2 aromatic carbocycles. The summed E-state index contributed by atoms with van der Waals surface area (Å²) in [7, 11) is 0. The number of aryl methyl sites for hydroxylation is 1. The Morgan fingerprint density at radius 2 is 1.78 bits per heavy atom. The molecular weight excluding hydrogens is 310 g/mol. The first-order chi connectivity index (χ1) is 11.1. The van der Waals surface area contributed by atoms with Crippen molar-refractivity contribution in [2.45, 2.75) is 31.7 Å². The van der Waals surface area contributed by atoms with Gasteiger partial charge in [0.1, 0.15) is 0 Å². The van der Waals surface area contributed by atoms with Gasteiger partial charge in [0.2, 0.25) is 0 Å². The van der Waals surface area contributed by atoms with Crippen LogP contribution >= 0.6 is 11.6 Å². The summed E-state index contributed by atoms with van der Waals surface area (Å²) < 4.78 is 0. The fraction of sp³-hybridized carbons (Fsp3) is 0.316. The lowest BCUT2D eigenvalue weighted by molar-refractivity contribution is 0.178. The minimum atomic E-state index is -0.939. The average Bonchev–Trinajstić information content (AvgIpc) is 3.31. The lowest BCUT2D eigenvalue weighted by Gasteiger charge is -2.34. The Morgan fingerprint density at radius 3 is 2.43 bits per heavy atom. The van der Waals surface area contributed by atoms with Crippen LogP contribution in [0.4, 0.5) is 4.79 Å². The zero-order valence-electron chi connectivity index (χ0n) is 12.7. The molecule has 1 atom stereocenters. The number of benzene rings is 2. The number of amides is 1. The number of carboxylic acid groups (broad SMARTS) is 1. The first-order valence-electron chi connectivity index (χ1n) is 7.96. The Bertz CT molecular complexity index is 765. The maximum Gasteiger partial charge on any atom is 0.405 e. The fourth-order valence-electron chi connectivity index (χ4n) is 3.82. The fourth-order valence-corrected chi connectivity index (χ4v) is 3.95. The predicted molar refractivity (Wildman–Crippen MR) is 90.8 cm³/mol. The number of hydrogen-bond donors (Lipinski definition) is 2. The van der Waals surface area contributed by atoms with Gasteiger partial charge in [-0.3, -0.25) is 0 Å². The molecular formula is C19H18ClNO2. The van der Waals surface area contributed by atoms with Crippen molar-refractivity contribution in [3.8, 4) is 11.1 Å². The molecule has 2 aliphatic carbocycles. The Balaban J connectivity index is 1.77. The third kappa shape index (κ3) is 2.59. The van der Waals surface area contributed by atoms with Crippen molar-refractivity contribution in [2.24, 2.45) is 5.41 Å². The van der Waals surface area contributed by atoms with Gasteiger partial charge >= 0.3 is 6.09 Å². The van der Waals surface area contributed by atoms with Gasteiger partial charge in [0.25, 0.3) is 0 Å². The molecule has 1 fully saturated rings. The van der Waals surface area contributed by atoms with Crippen LogP contribution in [0, 0.1) is 5.41 Å². The van der Waals surface area contributed by atoms with Gasteiger partial charge in [-0.25, -0.2) is 4.79 Å². The third-order valence-corrected chi connectivity index (χ3v) is 5.55. The molecule has 3 nitrogen and oxygen atoms in total. The number of rotatable bonds is 2. The molecule has 118 valence electrons. The molecule has 4 heteroatoms. The van der Waals surface area contributed by atoms with Crippen molar-refractivity contribution in [1.29, 1.82) is 0 Å². The lowest BCUT2D eigenvalue weighted by atomic mass is 9.76. The van der Waals surface area contributed by atoms with Crippen molar-refractivity contribution in [3.63, 3.8) is 0 Å². The second-order valence-corrected chi connectivity index (χ2v) is 7.10. The highest BCUT2D eigenvalue weighted by Gasteiger charge is 2.52. The summed E-state index contributed by atoms with van der Waals surface area (Å²) in [4.78, 5) is 11.3. The van der Waals surface area contributed by atoms with Gasteiger partial charge in [-0.15, -0.1) is 0 Å². The van der Waals surface area contributed by atoms with Crippen LogP contribution in [-0.2, 0) is 6.42 Å². The summed E-state index contributed by atoms with van der Waals surface area (Å²) in [6, 6.07) is 14.1. The first-order valence-corrected chi connectivity index (χ1v) is 8.33. The quantitative estimate of drug-likeness (QED) is 0.811. The molecule has 1 spiro atoms. The molecule has 1 saturated carbocycles. The molecule has 23 heavy (non-hydrogen) atoms. The van der Waals surface area contributed by atoms with Crippen LogP contribution in [0.1, 0.15) is 36.4 Å². The van der Waals surface area contributed by atoms with Crippen LogP contribution in [-0.4, -0.2) is 11.2 Å². The van der Waals surface area contributed by atoms with E-state index >= 15 is 0 Å². The van der Waals surface area contributed by atoms with Crippen LogP contribution in [0.25, 0.3) is 11.1 Å². The lowest BCUT2D eigenvalue weighted by Crippen LogP contribution is -2.36. The molecule has 0 heterocycles. The Morgan fingerprint density at radius 1 is 1.09 bits per heavy atom. The molecule has 1 amide bonds. The van der Waals surface area contributed by atoms with E-state index in [1.165, 1.54) is 5.56 Å². The molecule has 2 N–H and O–H groups in total. The second kappa shape index (κ2) is 5.27. The van der Waals surface area contributed by atoms with E-state index in [0.717, 1.165) is 42.4 Å². The van der Waals surface area contributed by atoms with Gasteiger partial charge in [0.15, 0.2) is 0 Å². The van der Waals surface area contributed by atoms with Crippen LogP contribution < -0.4 is 5.32 Å².